The van der Waals surface area contributed by atoms with E-state index in [1.165, 1.54) is 12.5 Å². The van der Waals surface area contributed by atoms with Crippen LogP contribution in [0, 0.1) is 12.8 Å². The van der Waals surface area contributed by atoms with E-state index in [1.54, 1.807) is 6.20 Å². The molecule has 0 unspecified atom stereocenters. The van der Waals surface area contributed by atoms with Crippen LogP contribution in [-0.4, -0.2) is 45.9 Å². The lowest BCUT2D eigenvalue weighted by molar-refractivity contribution is -0.136. The lowest BCUT2D eigenvalue weighted by atomic mass is 10.0. The standard InChI is InChI=1S/C18H25N3O3/c1-12-9-15(22)16(19-11-12)17(23)20-14-6-5-13(10-14)18(24)21-7-3-2-4-8-21/h9,11,13-14,22H,2-8,10H2,1H3,(H,20,23)/t13-,14+/m1/s1. The smallest absolute Gasteiger partial charge is 0.273 e. The second kappa shape index (κ2) is 7.20. The molecule has 1 saturated heterocycles. The summed E-state index contributed by atoms with van der Waals surface area (Å²) in [6.07, 6.45) is 7.24. The van der Waals surface area contributed by atoms with Gasteiger partial charge in [0, 0.05) is 31.2 Å². The second-order valence-electron chi connectivity index (χ2n) is 6.95. The van der Waals surface area contributed by atoms with Crippen molar-refractivity contribution in [1.82, 2.24) is 15.2 Å². The highest BCUT2D eigenvalue weighted by atomic mass is 16.3. The summed E-state index contributed by atoms with van der Waals surface area (Å²) < 4.78 is 0. The van der Waals surface area contributed by atoms with Gasteiger partial charge in [0.15, 0.2) is 5.69 Å². The molecule has 2 aliphatic rings. The normalized spacial score (nSPS) is 24.0. The first-order valence-electron chi connectivity index (χ1n) is 8.80. The fourth-order valence-corrected chi connectivity index (χ4v) is 3.69. The van der Waals surface area contributed by atoms with Crippen molar-refractivity contribution in [3.63, 3.8) is 0 Å². The monoisotopic (exact) mass is 331 g/mol. The molecular formula is C18H25N3O3. The molecule has 6 heteroatoms. The molecule has 2 fully saturated rings. The first kappa shape index (κ1) is 16.7. The van der Waals surface area contributed by atoms with Gasteiger partial charge in [0.1, 0.15) is 5.75 Å². The van der Waals surface area contributed by atoms with Crippen LogP contribution in [0.15, 0.2) is 12.3 Å². The predicted octanol–water partition coefficient (Wildman–Crippen LogP) is 2.01. The number of hydrogen-bond acceptors (Lipinski definition) is 4. The van der Waals surface area contributed by atoms with Gasteiger partial charge in [-0.1, -0.05) is 0 Å². The van der Waals surface area contributed by atoms with Crippen LogP contribution in [0.2, 0.25) is 0 Å². The summed E-state index contributed by atoms with van der Waals surface area (Å²) in [5.74, 6) is -0.231. The molecular weight excluding hydrogens is 306 g/mol. The van der Waals surface area contributed by atoms with Gasteiger partial charge in [-0.2, -0.15) is 0 Å². The summed E-state index contributed by atoms with van der Waals surface area (Å²) in [6, 6.07) is 1.50. The van der Waals surface area contributed by atoms with Gasteiger partial charge in [-0.3, -0.25) is 9.59 Å². The molecule has 1 aromatic heterocycles. The molecule has 0 spiro atoms. The molecule has 1 aromatic rings. The van der Waals surface area contributed by atoms with E-state index in [-0.39, 0.29) is 35.2 Å². The number of nitrogens with zero attached hydrogens (tertiary/aromatic N) is 2. The zero-order chi connectivity index (χ0) is 17.1. The number of likely N-dealkylation sites (tertiary alicyclic amines) is 1. The highest BCUT2D eigenvalue weighted by Gasteiger charge is 2.34. The van der Waals surface area contributed by atoms with Crippen molar-refractivity contribution >= 4 is 11.8 Å². The molecule has 24 heavy (non-hydrogen) atoms. The topological polar surface area (TPSA) is 82.5 Å². The first-order valence-corrected chi connectivity index (χ1v) is 8.80. The van der Waals surface area contributed by atoms with E-state index in [0.717, 1.165) is 44.3 Å². The maximum atomic E-state index is 12.6. The van der Waals surface area contributed by atoms with Crippen molar-refractivity contribution in [2.24, 2.45) is 5.92 Å². The van der Waals surface area contributed by atoms with Crippen LogP contribution in [0.1, 0.15) is 54.6 Å². The van der Waals surface area contributed by atoms with E-state index in [0.29, 0.717) is 6.42 Å². The molecule has 130 valence electrons. The third-order valence-corrected chi connectivity index (χ3v) is 5.00. The molecule has 1 aliphatic heterocycles. The number of rotatable bonds is 3. The fraction of sp³-hybridized carbons (Fsp3) is 0.611. The highest BCUT2D eigenvalue weighted by Crippen LogP contribution is 2.29. The number of amides is 2. The second-order valence-corrected chi connectivity index (χ2v) is 6.95. The van der Waals surface area contributed by atoms with Crippen LogP contribution in [-0.2, 0) is 4.79 Å². The summed E-state index contributed by atoms with van der Waals surface area (Å²) in [5, 5.41) is 12.8. The summed E-state index contributed by atoms with van der Waals surface area (Å²) in [7, 11) is 0. The van der Waals surface area contributed by atoms with Gasteiger partial charge in [0.25, 0.3) is 5.91 Å². The SMILES string of the molecule is Cc1cnc(C(=O)N[C@H]2CC[C@@H](C(=O)N3CCCCC3)C2)c(O)c1. The number of hydrogen-bond donors (Lipinski definition) is 2. The van der Waals surface area contributed by atoms with Gasteiger partial charge in [0.05, 0.1) is 0 Å². The molecule has 0 bridgehead atoms. The Bertz CT molecular complexity index is 626. The van der Waals surface area contributed by atoms with E-state index in [4.69, 9.17) is 0 Å². The van der Waals surface area contributed by atoms with Crippen LogP contribution in [0.3, 0.4) is 0 Å². The molecule has 2 atom stereocenters. The highest BCUT2D eigenvalue weighted by molar-refractivity contribution is 5.95. The first-order chi connectivity index (χ1) is 11.5. The summed E-state index contributed by atoms with van der Waals surface area (Å²) in [4.78, 5) is 30.8. The molecule has 2 N–H and O–H groups in total. The van der Waals surface area contributed by atoms with Crippen LogP contribution < -0.4 is 5.32 Å². The Balaban J connectivity index is 1.55. The molecule has 0 radical (unpaired) electrons. The van der Waals surface area contributed by atoms with Gasteiger partial charge in [0.2, 0.25) is 5.91 Å². The van der Waals surface area contributed by atoms with Crippen molar-refractivity contribution < 1.29 is 14.7 Å². The number of pyridine rings is 1. The number of piperidine rings is 1. The van der Waals surface area contributed by atoms with Gasteiger partial charge >= 0.3 is 0 Å². The minimum absolute atomic E-state index is 0.00738. The van der Waals surface area contributed by atoms with Crippen molar-refractivity contribution in [3.05, 3.63) is 23.5 Å². The van der Waals surface area contributed by atoms with Crippen molar-refractivity contribution in [3.8, 4) is 5.75 Å². The van der Waals surface area contributed by atoms with Crippen molar-refractivity contribution in [2.75, 3.05) is 13.1 Å². The zero-order valence-electron chi connectivity index (χ0n) is 14.1. The largest absolute Gasteiger partial charge is 0.505 e. The number of aromatic hydroxyl groups is 1. The fourth-order valence-electron chi connectivity index (χ4n) is 3.69. The minimum atomic E-state index is -0.372. The van der Waals surface area contributed by atoms with Crippen LogP contribution in [0.5, 0.6) is 5.75 Å². The number of aryl methyl sites for hydroxylation is 1. The van der Waals surface area contributed by atoms with E-state index in [1.807, 2.05) is 11.8 Å². The Labute approximate surface area is 142 Å². The maximum absolute atomic E-state index is 12.6. The van der Waals surface area contributed by atoms with E-state index >= 15 is 0 Å². The lowest BCUT2D eigenvalue weighted by Gasteiger charge is -2.29. The van der Waals surface area contributed by atoms with E-state index in [9.17, 15) is 14.7 Å². The van der Waals surface area contributed by atoms with Crippen molar-refractivity contribution in [1.29, 1.82) is 0 Å². The molecule has 1 saturated carbocycles. The van der Waals surface area contributed by atoms with Gasteiger partial charge in [-0.15, -0.1) is 0 Å². The Hall–Kier alpha value is -2.11. The van der Waals surface area contributed by atoms with Gasteiger partial charge < -0.3 is 15.3 Å². The third kappa shape index (κ3) is 3.68. The Morgan fingerprint density at radius 2 is 2.00 bits per heavy atom. The molecule has 1 aliphatic carbocycles. The average Bonchev–Trinajstić information content (AvgIpc) is 3.03. The predicted molar refractivity (Wildman–Crippen MR) is 89.7 cm³/mol. The van der Waals surface area contributed by atoms with Crippen LogP contribution >= 0.6 is 0 Å². The Morgan fingerprint density at radius 1 is 1.25 bits per heavy atom. The maximum Gasteiger partial charge on any atom is 0.273 e. The number of carbonyl (C=O) groups is 2. The van der Waals surface area contributed by atoms with Crippen LogP contribution in [0.25, 0.3) is 0 Å². The quantitative estimate of drug-likeness (QED) is 0.887. The minimum Gasteiger partial charge on any atom is -0.505 e. The van der Waals surface area contributed by atoms with E-state index in [2.05, 4.69) is 10.3 Å². The number of carbonyl (C=O) groups excluding carboxylic acids is 2. The molecule has 3 rings (SSSR count). The molecule has 2 amide bonds. The molecule has 2 heterocycles. The lowest BCUT2D eigenvalue weighted by Crippen LogP contribution is -2.40. The summed E-state index contributed by atoms with van der Waals surface area (Å²) in [6.45, 7) is 3.54. The summed E-state index contributed by atoms with van der Waals surface area (Å²) in [5.41, 5.74) is 0.850. The molecule has 0 aromatic carbocycles. The average molecular weight is 331 g/mol. The van der Waals surface area contributed by atoms with Gasteiger partial charge in [-0.05, 0) is 57.1 Å². The van der Waals surface area contributed by atoms with Crippen LogP contribution in [0.4, 0.5) is 0 Å². The third-order valence-electron chi connectivity index (χ3n) is 5.00. The summed E-state index contributed by atoms with van der Waals surface area (Å²) >= 11 is 0. The van der Waals surface area contributed by atoms with Crippen molar-refractivity contribution in [2.45, 2.75) is 51.5 Å². The molecule has 6 nitrogen and oxygen atoms in total. The number of aromatic nitrogens is 1. The van der Waals surface area contributed by atoms with E-state index < -0.39 is 0 Å². The number of nitrogens with one attached hydrogen (secondary N) is 1. The zero-order valence-corrected chi connectivity index (χ0v) is 14.1. The van der Waals surface area contributed by atoms with Gasteiger partial charge in [-0.25, -0.2) is 4.98 Å². The Morgan fingerprint density at radius 3 is 2.71 bits per heavy atom. The Kier molecular flexibility index (Phi) is 5.02.